The molecule has 0 bridgehead atoms. The molecule has 0 radical (unpaired) electrons. The summed E-state index contributed by atoms with van der Waals surface area (Å²) in [5.74, 6) is 1.55. The van der Waals surface area contributed by atoms with Gasteiger partial charge in [0.05, 0.1) is 21.3 Å². The monoisotopic (exact) mass is 541 g/mol. The Morgan fingerprint density at radius 1 is 0.947 bits per heavy atom. The average Bonchev–Trinajstić information content (AvgIpc) is 3.34. The van der Waals surface area contributed by atoms with Crippen molar-refractivity contribution in [3.63, 3.8) is 0 Å². The van der Waals surface area contributed by atoms with E-state index in [1.165, 1.54) is 45.2 Å². The first-order valence-corrected chi connectivity index (χ1v) is 12.9. The molecule has 0 aliphatic heterocycles. The molecule has 14 heteroatoms. The third-order valence-electron chi connectivity index (χ3n) is 5.76. The number of methoxy groups -OCH3 is 3. The summed E-state index contributed by atoms with van der Waals surface area (Å²) in [5, 5.41) is 17.8. The van der Waals surface area contributed by atoms with E-state index in [1.807, 2.05) is 0 Å². The number of nitrogens with zero attached hydrogens (tertiary/aromatic N) is 6. The van der Waals surface area contributed by atoms with Crippen LogP contribution >= 0.6 is 0 Å². The Labute approximate surface area is 219 Å². The number of para-hydroxylation sites is 1. The summed E-state index contributed by atoms with van der Waals surface area (Å²) in [7, 11) is 0.190. The molecule has 4 rings (SSSR count). The predicted molar refractivity (Wildman–Crippen MR) is 138 cm³/mol. The maximum Gasteiger partial charge on any atom is 0.243 e. The van der Waals surface area contributed by atoms with Gasteiger partial charge in [0.25, 0.3) is 0 Å². The molecule has 0 unspecified atom stereocenters. The number of aliphatic hydroxyl groups excluding tert-OH is 1. The second kappa shape index (κ2) is 11.0. The van der Waals surface area contributed by atoms with Gasteiger partial charge in [0, 0.05) is 24.0 Å². The summed E-state index contributed by atoms with van der Waals surface area (Å²) in [6.45, 7) is 3.05. The minimum atomic E-state index is -4.23. The highest BCUT2D eigenvalue weighted by atomic mass is 32.2. The fourth-order valence-electron chi connectivity index (χ4n) is 3.65. The molecule has 1 aromatic carbocycles. The summed E-state index contributed by atoms with van der Waals surface area (Å²) in [6.07, 6.45) is 1.35. The number of pyridine rings is 1. The average molecular weight is 542 g/mol. The molecule has 38 heavy (non-hydrogen) atoms. The quantitative estimate of drug-likeness (QED) is 0.303. The minimum absolute atomic E-state index is 0.174. The van der Waals surface area contributed by atoms with Crippen molar-refractivity contribution in [3.8, 4) is 34.6 Å². The lowest BCUT2D eigenvalue weighted by Gasteiger charge is -2.21. The van der Waals surface area contributed by atoms with Crippen LogP contribution in [-0.2, 0) is 10.0 Å². The molecule has 0 aliphatic carbocycles. The van der Waals surface area contributed by atoms with Crippen LogP contribution in [0.25, 0.3) is 17.2 Å². The highest BCUT2D eigenvalue weighted by Gasteiger charge is 2.33. The molecule has 13 nitrogen and oxygen atoms in total. The Balaban J connectivity index is 1.84. The number of aromatic nitrogens is 6. The third kappa shape index (κ3) is 5.21. The van der Waals surface area contributed by atoms with Crippen molar-refractivity contribution in [2.45, 2.75) is 25.2 Å². The molecular formula is C24H27N7O6S. The van der Waals surface area contributed by atoms with Crippen LogP contribution in [-0.4, -0.2) is 69.8 Å². The van der Waals surface area contributed by atoms with Crippen LogP contribution in [0, 0.1) is 6.92 Å². The second-order valence-electron chi connectivity index (χ2n) is 8.12. The van der Waals surface area contributed by atoms with Crippen molar-refractivity contribution in [2.24, 2.45) is 0 Å². The lowest BCUT2D eigenvalue weighted by Crippen LogP contribution is -2.32. The molecule has 4 aromatic rings. The van der Waals surface area contributed by atoms with Gasteiger partial charge in [-0.05, 0) is 32.0 Å². The zero-order valence-corrected chi connectivity index (χ0v) is 22.2. The predicted octanol–water partition coefficient (Wildman–Crippen LogP) is 2.32. The zero-order valence-electron chi connectivity index (χ0n) is 21.4. The maximum absolute atomic E-state index is 13.4. The standard InChI is InChI=1S/C24H27N7O6S/c1-14(22(32)16-12-25-15(2)26-13-16)38(33,34)30-24-29-28-23(17-8-6-11-20(27-17)37-5)31(24)21-18(35-3)9-7-10-19(21)36-4/h6-14,22,32H,1-5H3,(H,29,30)/t14-,22-/m0/s1. The van der Waals surface area contributed by atoms with E-state index in [2.05, 4.69) is 29.9 Å². The van der Waals surface area contributed by atoms with E-state index in [1.54, 1.807) is 43.3 Å². The molecule has 0 fully saturated rings. The zero-order chi connectivity index (χ0) is 27.4. The number of aryl methyl sites for hydroxylation is 1. The number of hydrogen-bond acceptors (Lipinski definition) is 11. The van der Waals surface area contributed by atoms with Gasteiger partial charge < -0.3 is 19.3 Å². The smallest absolute Gasteiger partial charge is 0.243 e. The Hall–Kier alpha value is -4.30. The normalized spacial score (nSPS) is 13.0. The summed E-state index contributed by atoms with van der Waals surface area (Å²) < 4.78 is 47.1. The van der Waals surface area contributed by atoms with Crippen LogP contribution in [0.1, 0.15) is 24.4 Å². The van der Waals surface area contributed by atoms with Crippen LogP contribution in [0.2, 0.25) is 0 Å². The first kappa shape index (κ1) is 26.8. The van der Waals surface area contributed by atoms with Gasteiger partial charge >= 0.3 is 0 Å². The summed E-state index contributed by atoms with van der Waals surface area (Å²) in [4.78, 5) is 12.5. The van der Waals surface area contributed by atoms with E-state index in [4.69, 9.17) is 14.2 Å². The van der Waals surface area contributed by atoms with Gasteiger partial charge in [-0.3, -0.25) is 9.29 Å². The van der Waals surface area contributed by atoms with Crippen molar-refractivity contribution in [1.29, 1.82) is 0 Å². The van der Waals surface area contributed by atoms with Gasteiger partial charge in [0.15, 0.2) is 5.82 Å². The molecule has 0 aliphatic rings. The molecule has 2 atom stereocenters. The van der Waals surface area contributed by atoms with Crippen molar-refractivity contribution in [1.82, 2.24) is 29.7 Å². The van der Waals surface area contributed by atoms with Crippen LogP contribution in [0.3, 0.4) is 0 Å². The Morgan fingerprint density at radius 2 is 1.58 bits per heavy atom. The second-order valence-corrected chi connectivity index (χ2v) is 10.2. The van der Waals surface area contributed by atoms with Gasteiger partial charge in [-0.2, -0.15) is 0 Å². The number of nitrogens with one attached hydrogen (secondary N) is 1. The van der Waals surface area contributed by atoms with E-state index in [0.29, 0.717) is 34.6 Å². The SMILES string of the molecule is COc1cccc(-c2nnc(NS(=O)(=O)[C@@H](C)[C@H](O)c3cnc(C)nc3)n2-c2c(OC)cccc2OC)n1. The van der Waals surface area contributed by atoms with Crippen molar-refractivity contribution in [3.05, 3.63) is 60.2 Å². The molecule has 0 saturated heterocycles. The van der Waals surface area contributed by atoms with E-state index < -0.39 is 21.4 Å². The van der Waals surface area contributed by atoms with Crippen LogP contribution in [0.15, 0.2) is 48.8 Å². The Kier molecular flexibility index (Phi) is 7.73. The molecular weight excluding hydrogens is 514 g/mol. The highest BCUT2D eigenvalue weighted by Crippen LogP contribution is 2.38. The van der Waals surface area contributed by atoms with Gasteiger partial charge in [0.1, 0.15) is 40.1 Å². The number of anilines is 1. The third-order valence-corrected chi connectivity index (χ3v) is 7.46. The van der Waals surface area contributed by atoms with Crippen molar-refractivity contribution >= 4 is 16.0 Å². The van der Waals surface area contributed by atoms with E-state index >= 15 is 0 Å². The largest absolute Gasteiger partial charge is 0.494 e. The fourth-order valence-corrected chi connectivity index (χ4v) is 4.72. The Bertz CT molecular complexity index is 1500. The van der Waals surface area contributed by atoms with Crippen molar-refractivity contribution in [2.75, 3.05) is 26.1 Å². The molecule has 0 spiro atoms. The number of hydrogen-bond donors (Lipinski definition) is 2. The van der Waals surface area contributed by atoms with Gasteiger partial charge in [0.2, 0.25) is 21.9 Å². The summed E-state index contributed by atoms with van der Waals surface area (Å²) in [5.41, 5.74) is 0.933. The molecule has 200 valence electrons. The van der Waals surface area contributed by atoms with Crippen molar-refractivity contribution < 1.29 is 27.7 Å². The van der Waals surface area contributed by atoms with E-state index in [0.717, 1.165) is 0 Å². The minimum Gasteiger partial charge on any atom is -0.494 e. The lowest BCUT2D eigenvalue weighted by molar-refractivity contribution is 0.175. The summed E-state index contributed by atoms with van der Waals surface area (Å²) >= 11 is 0. The van der Waals surface area contributed by atoms with E-state index in [-0.39, 0.29) is 17.3 Å². The number of aliphatic hydroxyl groups is 1. The van der Waals surface area contributed by atoms with Gasteiger partial charge in [-0.1, -0.05) is 12.1 Å². The molecule has 3 heterocycles. The maximum atomic E-state index is 13.4. The summed E-state index contributed by atoms with van der Waals surface area (Å²) in [6, 6.07) is 10.1. The molecule has 3 aromatic heterocycles. The molecule has 2 N–H and O–H groups in total. The van der Waals surface area contributed by atoms with Crippen LogP contribution in [0.4, 0.5) is 5.95 Å². The lowest BCUT2D eigenvalue weighted by atomic mass is 10.1. The van der Waals surface area contributed by atoms with Crippen LogP contribution < -0.4 is 18.9 Å². The number of ether oxygens (including phenoxy) is 3. The first-order chi connectivity index (χ1) is 18.2. The topological polar surface area (TPSA) is 163 Å². The molecule has 0 amide bonds. The van der Waals surface area contributed by atoms with Gasteiger partial charge in [-0.25, -0.2) is 23.4 Å². The Morgan fingerprint density at radius 3 is 2.18 bits per heavy atom. The van der Waals surface area contributed by atoms with Crippen LogP contribution in [0.5, 0.6) is 17.4 Å². The number of rotatable bonds is 10. The first-order valence-electron chi connectivity index (χ1n) is 11.4. The van der Waals surface area contributed by atoms with Gasteiger partial charge in [-0.15, -0.1) is 10.2 Å². The highest BCUT2D eigenvalue weighted by molar-refractivity contribution is 7.93. The number of sulfonamides is 1. The molecule has 0 saturated carbocycles. The number of benzene rings is 1. The fraction of sp³-hybridized carbons (Fsp3) is 0.292. The van der Waals surface area contributed by atoms with E-state index in [9.17, 15) is 13.5 Å².